The molecular formula is C15H28N2OS. The molecule has 0 saturated carbocycles. The molecule has 0 aliphatic rings. The number of nitrogens with zero attached hydrogens (tertiary/aromatic N) is 1. The van der Waals surface area contributed by atoms with Gasteiger partial charge in [0.25, 0.3) is 0 Å². The van der Waals surface area contributed by atoms with Crippen LogP contribution in [0.25, 0.3) is 0 Å². The third-order valence-electron chi connectivity index (χ3n) is 3.52. The van der Waals surface area contributed by atoms with Crippen LogP contribution in [0.4, 0.5) is 0 Å². The highest BCUT2D eigenvalue weighted by atomic mass is 32.1. The molecule has 0 amide bonds. The van der Waals surface area contributed by atoms with Crippen LogP contribution < -0.4 is 5.32 Å². The van der Waals surface area contributed by atoms with Crippen LogP contribution >= 0.6 is 11.3 Å². The monoisotopic (exact) mass is 284 g/mol. The Morgan fingerprint density at radius 1 is 1.21 bits per heavy atom. The van der Waals surface area contributed by atoms with E-state index in [1.807, 2.05) is 0 Å². The van der Waals surface area contributed by atoms with Gasteiger partial charge in [-0.15, -0.1) is 11.3 Å². The van der Waals surface area contributed by atoms with E-state index in [-0.39, 0.29) is 11.0 Å². The Labute approximate surface area is 121 Å². The molecule has 1 aromatic heterocycles. The number of ether oxygens (including phenoxy) is 1. The van der Waals surface area contributed by atoms with Crippen LogP contribution in [0.15, 0.2) is 0 Å². The lowest BCUT2D eigenvalue weighted by molar-refractivity contribution is -0.00174. The molecule has 0 bridgehead atoms. The molecule has 0 spiro atoms. The molecule has 110 valence electrons. The number of aromatic nitrogens is 1. The lowest BCUT2D eigenvalue weighted by atomic mass is 9.91. The second-order valence-corrected chi connectivity index (χ2v) is 7.19. The van der Waals surface area contributed by atoms with Crippen molar-refractivity contribution in [1.82, 2.24) is 10.3 Å². The third kappa shape index (κ3) is 3.77. The van der Waals surface area contributed by atoms with E-state index >= 15 is 0 Å². The molecule has 1 atom stereocenters. The first kappa shape index (κ1) is 16.6. The summed E-state index contributed by atoms with van der Waals surface area (Å²) in [6.45, 7) is 14.9. The maximum Gasteiger partial charge on any atom is 0.125 e. The van der Waals surface area contributed by atoms with Gasteiger partial charge in [-0.3, -0.25) is 0 Å². The van der Waals surface area contributed by atoms with Gasteiger partial charge in [0.2, 0.25) is 0 Å². The minimum Gasteiger partial charge on any atom is -0.371 e. The van der Waals surface area contributed by atoms with Crippen LogP contribution in [0.3, 0.4) is 0 Å². The predicted molar refractivity (Wildman–Crippen MR) is 82.8 cm³/mol. The predicted octanol–water partition coefficient (Wildman–Crippen LogP) is 3.82. The van der Waals surface area contributed by atoms with Gasteiger partial charge in [0.05, 0.1) is 5.69 Å². The minimum atomic E-state index is -0.269. The molecule has 19 heavy (non-hydrogen) atoms. The molecule has 1 heterocycles. The van der Waals surface area contributed by atoms with E-state index in [1.165, 1.54) is 10.6 Å². The smallest absolute Gasteiger partial charge is 0.125 e. The molecule has 0 fully saturated rings. The van der Waals surface area contributed by atoms with Gasteiger partial charge in [-0.25, -0.2) is 4.98 Å². The molecule has 1 aromatic rings. The van der Waals surface area contributed by atoms with Gasteiger partial charge in [-0.1, -0.05) is 34.6 Å². The van der Waals surface area contributed by atoms with Gasteiger partial charge in [-0.2, -0.15) is 0 Å². The lowest BCUT2D eigenvalue weighted by Crippen LogP contribution is -2.23. The molecule has 3 nitrogen and oxygen atoms in total. The summed E-state index contributed by atoms with van der Waals surface area (Å²) in [5.41, 5.74) is 1.00. The zero-order chi connectivity index (χ0) is 14.7. The van der Waals surface area contributed by atoms with Crippen molar-refractivity contribution >= 4 is 11.3 Å². The molecule has 4 heteroatoms. The molecule has 0 radical (unpaired) electrons. The number of nitrogens with one attached hydrogen (secondary N) is 1. The zero-order valence-electron chi connectivity index (χ0n) is 13.4. The summed E-state index contributed by atoms with van der Waals surface area (Å²) in [6.07, 6.45) is 0.932. The van der Waals surface area contributed by atoms with Crippen molar-refractivity contribution in [2.45, 2.75) is 65.5 Å². The van der Waals surface area contributed by atoms with Gasteiger partial charge in [-0.05, 0) is 19.9 Å². The summed E-state index contributed by atoms with van der Waals surface area (Å²) < 4.78 is 5.69. The number of rotatable bonds is 6. The number of hydrogen-bond donors (Lipinski definition) is 1. The highest BCUT2D eigenvalue weighted by Gasteiger charge is 2.32. The molecule has 1 unspecified atom stereocenters. The molecule has 0 aromatic carbocycles. The second-order valence-electron chi connectivity index (χ2n) is 6.11. The van der Waals surface area contributed by atoms with E-state index in [4.69, 9.17) is 9.72 Å². The highest BCUT2D eigenvalue weighted by molar-refractivity contribution is 7.11. The summed E-state index contributed by atoms with van der Waals surface area (Å²) in [6, 6.07) is 0. The van der Waals surface area contributed by atoms with Crippen molar-refractivity contribution < 1.29 is 4.74 Å². The zero-order valence-corrected chi connectivity index (χ0v) is 14.2. The Morgan fingerprint density at radius 2 is 1.84 bits per heavy atom. The van der Waals surface area contributed by atoms with Gasteiger partial charge in [0.1, 0.15) is 10.6 Å². The molecular weight excluding hydrogens is 256 g/mol. The molecule has 0 aliphatic heterocycles. The van der Waals surface area contributed by atoms with Crippen molar-refractivity contribution in [1.29, 1.82) is 0 Å². The van der Waals surface area contributed by atoms with Crippen LogP contribution in [0, 0.1) is 0 Å². The van der Waals surface area contributed by atoms with Crippen molar-refractivity contribution in [2.24, 2.45) is 0 Å². The van der Waals surface area contributed by atoms with Crippen molar-refractivity contribution in [3.63, 3.8) is 0 Å². The topological polar surface area (TPSA) is 34.1 Å². The first-order valence-electron chi connectivity index (χ1n) is 7.05. The van der Waals surface area contributed by atoms with Gasteiger partial charge in [0.15, 0.2) is 0 Å². The molecule has 0 aliphatic carbocycles. The fourth-order valence-electron chi connectivity index (χ4n) is 1.91. The van der Waals surface area contributed by atoms with E-state index in [9.17, 15) is 0 Å². The number of hydrogen-bond acceptors (Lipinski definition) is 4. The standard InChI is InChI=1S/C15H28N2OS/c1-8-15(6,18-7)13-17-12(14(3,4)5)11(19-13)10-16-9-2/h16H,8-10H2,1-7H3. The number of methoxy groups -OCH3 is 1. The van der Waals surface area contributed by atoms with E-state index < -0.39 is 0 Å². The highest BCUT2D eigenvalue weighted by Crippen LogP contribution is 2.37. The van der Waals surface area contributed by atoms with Crippen LogP contribution in [0.5, 0.6) is 0 Å². The molecule has 0 saturated heterocycles. The Kier molecular flexibility index (Phi) is 5.53. The third-order valence-corrected chi connectivity index (χ3v) is 4.82. The molecule has 1 rings (SSSR count). The second kappa shape index (κ2) is 6.33. The van der Waals surface area contributed by atoms with E-state index in [0.717, 1.165) is 24.5 Å². The van der Waals surface area contributed by atoms with Crippen LogP contribution in [0.1, 0.15) is 63.5 Å². The normalized spacial score (nSPS) is 15.5. The lowest BCUT2D eigenvalue weighted by Gasteiger charge is -2.24. The van der Waals surface area contributed by atoms with E-state index in [2.05, 4.69) is 46.9 Å². The van der Waals surface area contributed by atoms with Gasteiger partial charge >= 0.3 is 0 Å². The Hall–Kier alpha value is -0.450. The van der Waals surface area contributed by atoms with E-state index in [0.29, 0.717) is 0 Å². The largest absolute Gasteiger partial charge is 0.371 e. The van der Waals surface area contributed by atoms with Gasteiger partial charge < -0.3 is 10.1 Å². The van der Waals surface area contributed by atoms with Crippen LogP contribution in [0.2, 0.25) is 0 Å². The van der Waals surface area contributed by atoms with Crippen molar-refractivity contribution in [3.05, 3.63) is 15.6 Å². The summed E-state index contributed by atoms with van der Waals surface area (Å²) in [4.78, 5) is 6.24. The first-order valence-corrected chi connectivity index (χ1v) is 7.86. The fraction of sp³-hybridized carbons (Fsp3) is 0.800. The van der Waals surface area contributed by atoms with Crippen molar-refractivity contribution in [2.75, 3.05) is 13.7 Å². The number of thiazole rings is 1. The first-order chi connectivity index (χ1) is 8.78. The maximum atomic E-state index is 5.69. The van der Waals surface area contributed by atoms with Crippen LogP contribution in [-0.4, -0.2) is 18.6 Å². The van der Waals surface area contributed by atoms with Crippen molar-refractivity contribution in [3.8, 4) is 0 Å². The summed E-state index contributed by atoms with van der Waals surface area (Å²) in [5.74, 6) is 0. The average molecular weight is 284 g/mol. The van der Waals surface area contributed by atoms with E-state index in [1.54, 1.807) is 18.4 Å². The van der Waals surface area contributed by atoms with Gasteiger partial charge in [0, 0.05) is 23.9 Å². The SMILES string of the molecule is CCNCc1sc(C(C)(CC)OC)nc1C(C)(C)C. The Bertz CT molecular complexity index is 403. The molecule has 1 N–H and O–H groups in total. The quantitative estimate of drug-likeness (QED) is 0.862. The summed E-state index contributed by atoms with van der Waals surface area (Å²) >= 11 is 1.78. The Morgan fingerprint density at radius 3 is 2.26 bits per heavy atom. The maximum absolute atomic E-state index is 5.69. The minimum absolute atomic E-state index is 0.0713. The summed E-state index contributed by atoms with van der Waals surface area (Å²) in [5, 5.41) is 4.50. The summed E-state index contributed by atoms with van der Waals surface area (Å²) in [7, 11) is 1.77. The fourth-order valence-corrected chi connectivity index (χ4v) is 3.34. The Balaban J connectivity index is 3.20. The average Bonchev–Trinajstić information content (AvgIpc) is 2.80. The van der Waals surface area contributed by atoms with Crippen LogP contribution in [-0.2, 0) is 22.3 Å².